The third kappa shape index (κ3) is 4.91. The normalized spacial score (nSPS) is 10.8. The van der Waals surface area contributed by atoms with Gasteiger partial charge in [-0.3, -0.25) is 9.59 Å². The minimum Gasteiger partial charge on any atom is -0.287 e. The van der Waals surface area contributed by atoms with E-state index in [9.17, 15) is 18.4 Å². The van der Waals surface area contributed by atoms with E-state index in [0.29, 0.717) is 36.6 Å². The van der Waals surface area contributed by atoms with Gasteiger partial charge in [-0.1, -0.05) is 13.8 Å². The molecule has 0 N–H and O–H groups in total. The van der Waals surface area contributed by atoms with E-state index in [1.807, 2.05) is 13.8 Å². The molecule has 0 saturated heterocycles. The lowest BCUT2D eigenvalue weighted by Gasteiger charge is -2.06. The van der Waals surface area contributed by atoms with Crippen molar-refractivity contribution in [3.05, 3.63) is 29.3 Å². The molecule has 0 radical (unpaired) electrons. The van der Waals surface area contributed by atoms with Gasteiger partial charge in [-0.25, -0.2) is 8.78 Å². The van der Waals surface area contributed by atoms with Gasteiger partial charge in [0.2, 0.25) is 0 Å². The second kappa shape index (κ2) is 7.01. The molecule has 104 valence electrons. The molecule has 0 atom stereocenters. The van der Waals surface area contributed by atoms with Gasteiger partial charge >= 0.3 is 0 Å². The summed E-state index contributed by atoms with van der Waals surface area (Å²) in [6.07, 6.45) is 0.985. The summed E-state index contributed by atoms with van der Waals surface area (Å²) in [5, 5.41) is -1.25. The first kappa shape index (κ1) is 16.1. The Kier molecular flexibility index (Phi) is 5.94. The number of carbonyl (C=O) groups is 2. The van der Waals surface area contributed by atoms with Crippen molar-refractivity contribution in [3.63, 3.8) is 0 Å². The van der Waals surface area contributed by atoms with Crippen molar-refractivity contribution in [2.75, 3.05) is 0 Å². The third-order valence-electron chi connectivity index (χ3n) is 2.38. The van der Waals surface area contributed by atoms with Gasteiger partial charge in [0.1, 0.15) is 11.6 Å². The Bertz CT molecular complexity index is 504. The number of rotatable bonds is 5. The summed E-state index contributed by atoms with van der Waals surface area (Å²) >= 11 is 5.84. The molecule has 0 aliphatic rings. The van der Waals surface area contributed by atoms with Crippen molar-refractivity contribution >= 4 is 33.7 Å². The summed E-state index contributed by atoms with van der Waals surface area (Å²) < 4.78 is 26.7. The molecule has 0 aliphatic carbocycles. The lowest BCUT2D eigenvalue weighted by molar-refractivity contribution is -0.111. The van der Waals surface area contributed by atoms with Crippen LogP contribution >= 0.6 is 23.4 Å². The average molecular weight is 307 g/mol. The predicted octanol–water partition coefficient (Wildman–Crippen LogP) is 4.40. The van der Waals surface area contributed by atoms with E-state index in [2.05, 4.69) is 0 Å². The molecule has 0 aromatic heterocycles. The summed E-state index contributed by atoms with van der Waals surface area (Å²) in [6, 6.07) is 1.53. The highest BCUT2D eigenvalue weighted by Gasteiger charge is 2.17. The molecule has 1 aromatic carbocycles. The Morgan fingerprint density at radius 3 is 2.42 bits per heavy atom. The fourth-order valence-corrected chi connectivity index (χ4v) is 2.28. The number of hydrogen-bond donors (Lipinski definition) is 0. The quantitative estimate of drug-likeness (QED) is 0.597. The van der Waals surface area contributed by atoms with E-state index in [1.54, 1.807) is 0 Å². The molecule has 19 heavy (non-hydrogen) atoms. The largest absolute Gasteiger partial charge is 0.287 e. The van der Waals surface area contributed by atoms with Crippen LogP contribution in [0.2, 0.25) is 0 Å². The molecule has 1 aromatic rings. The fraction of sp³-hybridized carbons (Fsp3) is 0.385. The molecule has 0 aliphatic heterocycles. The zero-order valence-corrected chi connectivity index (χ0v) is 12.1. The van der Waals surface area contributed by atoms with Crippen LogP contribution in [0, 0.1) is 17.6 Å². The van der Waals surface area contributed by atoms with Crippen molar-refractivity contribution in [2.24, 2.45) is 5.92 Å². The molecule has 0 fully saturated rings. The van der Waals surface area contributed by atoms with Gasteiger partial charge < -0.3 is 0 Å². The molecule has 0 amide bonds. The highest BCUT2D eigenvalue weighted by Crippen LogP contribution is 2.28. The zero-order valence-electron chi connectivity index (χ0n) is 10.5. The summed E-state index contributed by atoms with van der Waals surface area (Å²) in [6.45, 7) is 3.95. The molecule has 0 bridgehead atoms. The maximum Gasteiger partial charge on any atom is 0.255 e. The molecule has 0 saturated carbocycles. The first-order chi connectivity index (χ1) is 8.81. The Hall–Kier alpha value is -0.940. The SMILES string of the molecule is CC(C)CCC(=O)Sc1cc(C(=O)Cl)c(F)cc1F. The van der Waals surface area contributed by atoms with Crippen LogP contribution in [-0.2, 0) is 4.79 Å². The van der Waals surface area contributed by atoms with E-state index < -0.39 is 22.4 Å². The number of halogens is 3. The summed E-state index contributed by atoms with van der Waals surface area (Å²) in [7, 11) is 0. The Balaban J connectivity index is 2.86. The minimum atomic E-state index is -1.03. The van der Waals surface area contributed by atoms with Crippen LogP contribution in [0.15, 0.2) is 17.0 Å². The molecule has 1 rings (SSSR count). The third-order valence-corrected chi connectivity index (χ3v) is 3.55. The van der Waals surface area contributed by atoms with Gasteiger partial charge in [-0.2, -0.15) is 0 Å². The molecular formula is C13H13ClF2O2S. The van der Waals surface area contributed by atoms with Crippen LogP contribution in [0.3, 0.4) is 0 Å². The van der Waals surface area contributed by atoms with Crippen molar-refractivity contribution in [1.82, 2.24) is 0 Å². The van der Waals surface area contributed by atoms with Crippen LogP contribution in [0.5, 0.6) is 0 Å². The van der Waals surface area contributed by atoms with E-state index in [0.717, 1.165) is 6.07 Å². The molecule has 0 unspecified atom stereocenters. The van der Waals surface area contributed by atoms with Gasteiger partial charge in [0, 0.05) is 12.5 Å². The van der Waals surface area contributed by atoms with Crippen molar-refractivity contribution in [3.8, 4) is 0 Å². The fourth-order valence-electron chi connectivity index (χ4n) is 1.34. The topological polar surface area (TPSA) is 34.1 Å². The molecule has 0 spiro atoms. The van der Waals surface area contributed by atoms with Crippen LogP contribution in [0.4, 0.5) is 8.78 Å². The zero-order chi connectivity index (χ0) is 14.6. The minimum absolute atomic E-state index is 0.0841. The molecule has 0 heterocycles. The van der Waals surface area contributed by atoms with Crippen LogP contribution < -0.4 is 0 Å². The van der Waals surface area contributed by atoms with E-state index in [4.69, 9.17) is 11.6 Å². The van der Waals surface area contributed by atoms with Crippen molar-refractivity contribution in [1.29, 1.82) is 0 Å². The van der Waals surface area contributed by atoms with E-state index in [1.165, 1.54) is 0 Å². The van der Waals surface area contributed by atoms with Crippen LogP contribution in [0.1, 0.15) is 37.0 Å². The molecule has 6 heteroatoms. The first-order valence-electron chi connectivity index (χ1n) is 5.70. The smallest absolute Gasteiger partial charge is 0.255 e. The van der Waals surface area contributed by atoms with Gasteiger partial charge in [0.15, 0.2) is 5.12 Å². The second-order valence-electron chi connectivity index (χ2n) is 4.44. The highest BCUT2D eigenvalue weighted by molar-refractivity contribution is 8.13. The van der Waals surface area contributed by atoms with Crippen molar-refractivity contribution < 1.29 is 18.4 Å². The number of hydrogen-bond acceptors (Lipinski definition) is 3. The second-order valence-corrected chi connectivity index (χ2v) is 5.89. The number of thioether (sulfide) groups is 1. The Labute approximate surface area is 119 Å². The summed E-state index contributed by atoms with van der Waals surface area (Å²) in [4.78, 5) is 22.5. The molecular weight excluding hydrogens is 294 g/mol. The first-order valence-corrected chi connectivity index (χ1v) is 6.90. The van der Waals surface area contributed by atoms with Gasteiger partial charge in [-0.05, 0) is 41.8 Å². The average Bonchev–Trinajstić information content (AvgIpc) is 2.29. The lowest BCUT2D eigenvalue weighted by Crippen LogP contribution is -2.00. The predicted molar refractivity (Wildman–Crippen MR) is 71.5 cm³/mol. The monoisotopic (exact) mass is 306 g/mol. The van der Waals surface area contributed by atoms with Gasteiger partial charge in [0.25, 0.3) is 5.24 Å². The van der Waals surface area contributed by atoms with Gasteiger partial charge in [0.05, 0.1) is 10.5 Å². The highest BCUT2D eigenvalue weighted by atomic mass is 35.5. The van der Waals surface area contributed by atoms with Crippen molar-refractivity contribution in [2.45, 2.75) is 31.6 Å². The Morgan fingerprint density at radius 2 is 1.89 bits per heavy atom. The number of benzene rings is 1. The number of carbonyl (C=O) groups excluding carboxylic acids is 2. The maximum absolute atomic E-state index is 13.5. The van der Waals surface area contributed by atoms with E-state index >= 15 is 0 Å². The summed E-state index contributed by atoms with van der Waals surface area (Å²) in [5.41, 5.74) is -0.428. The maximum atomic E-state index is 13.5. The molecule has 2 nitrogen and oxygen atoms in total. The van der Waals surface area contributed by atoms with Crippen LogP contribution in [-0.4, -0.2) is 10.4 Å². The van der Waals surface area contributed by atoms with Crippen LogP contribution in [0.25, 0.3) is 0 Å². The summed E-state index contributed by atoms with van der Waals surface area (Å²) in [5.74, 6) is -1.54. The standard InChI is InChI=1S/C13H13ClF2O2S/c1-7(2)3-4-12(17)19-11-5-8(13(14)18)9(15)6-10(11)16/h5-7H,3-4H2,1-2H3. The van der Waals surface area contributed by atoms with Gasteiger partial charge in [-0.15, -0.1) is 0 Å². The Morgan fingerprint density at radius 1 is 1.26 bits per heavy atom. The lowest BCUT2D eigenvalue weighted by atomic mass is 10.1. The van der Waals surface area contributed by atoms with E-state index in [-0.39, 0.29) is 10.0 Å².